The van der Waals surface area contributed by atoms with E-state index in [-0.39, 0.29) is 11.4 Å². The van der Waals surface area contributed by atoms with Crippen molar-refractivity contribution >= 4 is 15.7 Å². The minimum atomic E-state index is -3.74. The van der Waals surface area contributed by atoms with E-state index in [0.717, 1.165) is 18.4 Å². The molecule has 1 aromatic rings. The number of aliphatic hydroxyl groups is 1. The van der Waals surface area contributed by atoms with Crippen LogP contribution < -0.4 is 15.2 Å². The Hall–Kier alpha value is -1.31. The van der Waals surface area contributed by atoms with Crippen molar-refractivity contribution in [2.45, 2.75) is 37.2 Å². The average Bonchev–Trinajstić information content (AvgIpc) is 2.43. The van der Waals surface area contributed by atoms with Gasteiger partial charge in [-0.1, -0.05) is 6.92 Å². The van der Waals surface area contributed by atoms with Crippen LogP contribution >= 0.6 is 0 Å². The van der Waals surface area contributed by atoms with Crippen molar-refractivity contribution in [1.29, 1.82) is 0 Å². The molecule has 1 unspecified atom stereocenters. The Morgan fingerprint density at radius 3 is 2.95 bits per heavy atom. The van der Waals surface area contributed by atoms with E-state index in [1.807, 2.05) is 0 Å². The second-order valence-electron chi connectivity index (χ2n) is 4.87. The van der Waals surface area contributed by atoms with E-state index in [4.69, 9.17) is 10.5 Å². The van der Waals surface area contributed by atoms with Crippen LogP contribution in [-0.4, -0.2) is 32.8 Å². The van der Waals surface area contributed by atoms with Gasteiger partial charge in [-0.2, -0.15) is 0 Å². The summed E-state index contributed by atoms with van der Waals surface area (Å²) in [7, 11) is -3.74. The van der Waals surface area contributed by atoms with E-state index in [2.05, 4.69) is 4.72 Å². The summed E-state index contributed by atoms with van der Waals surface area (Å²) in [5, 5.41) is 9.48. The minimum Gasteiger partial charge on any atom is -0.492 e. The summed E-state index contributed by atoms with van der Waals surface area (Å²) in [6.07, 6.45) is 1.37. The first kappa shape index (κ1) is 15.1. The van der Waals surface area contributed by atoms with Crippen molar-refractivity contribution in [3.63, 3.8) is 0 Å². The number of anilines is 1. The Bertz CT molecular complexity index is 586. The fourth-order valence-corrected chi connectivity index (χ4v) is 3.39. The third-order valence-electron chi connectivity index (χ3n) is 3.26. The SMILES string of the molecule is CCC(O)CNS(=O)(=O)c1cc(N)cc2c1OCCC2. The number of hydrogen-bond donors (Lipinski definition) is 3. The fourth-order valence-electron chi connectivity index (χ4n) is 2.10. The van der Waals surface area contributed by atoms with Crippen molar-refractivity contribution in [3.05, 3.63) is 17.7 Å². The van der Waals surface area contributed by atoms with Gasteiger partial charge < -0.3 is 15.6 Å². The zero-order valence-corrected chi connectivity index (χ0v) is 12.2. The third-order valence-corrected chi connectivity index (χ3v) is 4.69. The summed E-state index contributed by atoms with van der Waals surface area (Å²) < 4.78 is 32.5. The highest BCUT2D eigenvalue weighted by molar-refractivity contribution is 7.89. The molecule has 0 bridgehead atoms. The zero-order valence-electron chi connectivity index (χ0n) is 11.4. The summed E-state index contributed by atoms with van der Waals surface area (Å²) in [4.78, 5) is 0.0514. The predicted molar refractivity (Wildman–Crippen MR) is 76.2 cm³/mol. The van der Waals surface area contributed by atoms with E-state index in [1.165, 1.54) is 6.07 Å². The Morgan fingerprint density at radius 2 is 2.25 bits per heavy atom. The van der Waals surface area contributed by atoms with Gasteiger partial charge in [0.15, 0.2) is 0 Å². The lowest BCUT2D eigenvalue weighted by atomic mass is 10.1. The fraction of sp³-hybridized carbons (Fsp3) is 0.538. The third kappa shape index (κ3) is 3.23. The summed E-state index contributed by atoms with van der Waals surface area (Å²) in [5.74, 6) is 0.379. The molecule has 1 aliphatic rings. The molecule has 1 aliphatic heterocycles. The molecule has 4 N–H and O–H groups in total. The smallest absolute Gasteiger partial charge is 0.244 e. The lowest BCUT2D eigenvalue weighted by molar-refractivity contribution is 0.174. The molecule has 1 aromatic carbocycles. The number of sulfonamides is 1. The molecule has 1 atom stereocenters. The molecule has 2 rings (SSSR count). The first-order chi connectivity index (χ1) is 9.44. The molecule has 7 heteroatoms. The van der Waals surface area contributed by atoms with Gasteiger partial charge in [-0.15, -0.1) is 0 Å². The number of nitrogen functional groups attached to an aromatic ring is 1. The van der Waals surface area contributed by atoms with Crippen LogP contribution in [0.1, 0.15) is 25.3 Å². The maximum atomic E-state index is 12.3. The number of rotatable bonds is 5. The van der Waals surface area contributed by atoms with Crippen molar-refractivity contribution in [2.75, 3.05) is 18.9 Å². The summed E-state index contributed by atoms with van der Waals surface area (Å²) in [6.45, 7) is 2.25. The quantitative estimate of drug-likeness (QED) is 0.693. The highest BCUT2D eigenvalue weighted by Gasteiger charge is 2.25. The van der Waals surface area contributed by atoms with Gasteiger partial charge in [0.2, 0.25) is 10.0 Å². The minimum absolute atomic E-state index is 0.0254. The van der Waals surface area contributed by atoms with Crippen LogP contribution in [0.3, 0.4) is 0 Å². The van der Waals surface area contributed by atoms with E-state index >= 15 is 0 Å². The molecule has 6 nitrogen and oxygen atoms in total. The number of fused-ring (bicyclic) bond motifs is 1. The summed E-state index contributed by atoms with van der Waals surface area (Å²) >= 11 is 0. The first-order valence-corrected chi connectivity index (χ1v) is 8.15. The Morgan fingerprint density at radius 1 is 1.50 bits per heavy atom. The summed E-state index contributed by atoms with van der Waals surface area (Å²) in [6, 6.07) is 3.14. The number of aryl methyl sites for hydroxylation is 1. The molecule has 0 aliphatic carbocycles. The van der Waals surface area contributed by atoms with Crippen molar-refractivity contribution in [3.8, 4) is 5.75 Å². The second kappa shape index (κ2) is 5.99. The normalized spacial score (nSPS) is 16.3. The van der Waals surface area contributed by atoms with Crippen LogP contribution in [0.4, 0.5) is 5.69 Å². The van der Waals surface area contributed by atoms with Gasteiger partial charge in [0, 0.05) is 12.2 Å². The van der Waals surface area contributed by atoms with Crippen LogP contribution in [0.2, 0.25) is 0 Å². The molecular formula is C13H20N2O4S. The van der Waals surface area contributed by atoms with Crippen molar-refractivity contribution in [2.24, 2.45) is 0 Å². The molecule has 0 radical (unpaired) electrons. The number of ether oxygens (including phenoxy) is 1. The Labute approximate surface area is 119 Å². The number of nitrogens with two attached hydrogens (primary N) is 1. The van der Waals surface area contributed by atoms with Crippen LogP contribution in [0, 0.1) is 0 Å². The molecule has 20 heavy (non-hydrogen) atoms. The second-order valence-corrected chi connectivity index (χ2v) is 6.61. The standard InChI is InChI=1S/C13H20N2O4S/c1-2-11(16)8-15-20(17,18)12-7-10(14)6-9-4-3-5-19-13(9)12/h6-7,11,15-16H,2-5,8,14H2,1H3. The van der Waals surface area contributed by atoms with Crippen molar-refractivity contribution in [1.82, 2.24) is 4.72 Å². The molecule has 0 fully saturated rings. The first-order valence-electron chi connectivity index (χ1n) is 6.67. The Balaban J connectivity index is 2.33. The van der Waals surface area contributed by atoms with Gasteiger partial charge in [-0.25, -0.2) is 13.1 Å². The molecule has 0 aromatic heterocycles. The lowest BCUT2D eigenvalue weighted by Crippen LogP contribution is -2.32. The topological polar surface area (TPSA) is 102 Å². The average molecular weight is 300 g/mol. The zero-order chi connectivity index (χ0) is 14.8. The predicted octanol–water partition coefficient (Wildman–Crippen LogP) is 0.643. The van der Waals surface area contributed by atoms with E-state index in [1.54, 1.807) is 13.0 Å². The van der Waals surface area contributed by atoms with Crippen LogP contribution in [-0.2, 0) is 16.4 Å². The van der Waals surface area contributed by atoms with Crippen LogP contribution in [0.25, 0.3) is 0 Å². The van der Waals surface area contributed by atoms with Crippen LogP contribution in [0.15, 0.2) is 17.0 Å². The molecule has 0 saturated heterocycles. The molecule has 0 spiro atoms. The van der Waals surface area contributed by atoms with Crippen molar-refractivity contribution < 1.29 is 18.3 Å². The van der Waals surface area contributed by atoms with Gasteiger partial charge in [0.05, 0.1) is 12.7 Å². The maximum Gasteiger partial charge on any atom is 0.244 e. The van der Waals surface area contributed by atoms with Gasteiger partial charge >= 0.3 is 0 Å². The van der Waals surface area contributed by atoms with Gasteiger partial charge in [-0.3, -0.25) is 0 Å². The van der Waals surface area contributed by atoms with Crippen LogP contribution in [0.5, 0.6) is 5.75 Å². The van der Waals surface area contributed by atoms with E-state index < -0.39 is 16.1 Å². The molecule has 0 amide bonds. The van der Waals surface area contributed by atoms with Gasteiger partial charge in [0.25, 0.3) is 0 Å². The van der Waals surface area contributed by atoms with E-state index in [9.17, 15) is 13.5 Å². The molecule has 0 saturated carbocycles. The molecular weight excluding hydrogens is 280 g/mol. The summed E-state index contributed by atoms with van der Waals surface area (Å²) in [5.41, 5.74) is 6.97. The number of benzene rings is 1. The van der Waals surface area contributed by atoms with E-state index in [0.29, 0.717) is 24.5 Å². The lowest BCUT2D eigenvalue weighted by Gasteiger charge is -2.21. The highest BCUT2D eigenvalue weighted by Crippen LogP contribution is 2.34. The van der Waals surface area contributed by atoms with Gasteiger partial charge in [0.1, 0.15) is 10.6 Å². The number of nitrogens with one attached hydrogen (secondary N) is 1. The number of aliphatic hydroxyl groups excluding tert-OH is 1. The Kier molecular flexibility index (Phi) is 4.52. The van der Waals surface area contributed by atoms with Gasteiger partial charge in [-0.05, 0) is 37.0 Å². The largest absolute Gasteiger partial charge is 0.492 e. The highest BCUT2D eigenvalue weighted by atomic mass is 32.2. The maximum absolute atomic E-state index is 12.3. The number of hydrogen-bond acceptors (Lipinski definition) is 5. The molecule has 1 heterocycles. The molecule has 112 valence electrons. The monoisotopic (exact) mass is 300 g/mol.